The summed E-state index contributed by atoms with van der Waals surface area (Å²) in [6.07, 6.45) is 2.75. The third-order valence-electron chi connectivity index (χ3n) is 1.76. The number of aldehydes is 1. The van der Waals surface area contributed by atoms with E-state index < -0.39 is 0 Å². The van der Waals surface area contributed by atoms with E-state index in [1.165, 1.54) is 5.39 Å². The molecular weight excluding hydrogens is 190 g/mol. The van der Waals surface area contributed by atoms with Crippen LogP contribution < -0.4 is 0 Å². The largest absolute Gasteiger partial charge is 0.396 e. The molecule has 0 saturated carbocycles. The zero-order valence-electron chi connectivity index (χ0n) is 8.34. The maximum absolute atomic E-state index is 9.24. The number of hydrogen-bond acceptors (Lipinski definition) is 3. The van der Waals surface area contributed by atoms with Gasteiger partial charge in [-0.25, -0.2) is 0 Å². The Morgan fingerprint density at radius 2 is 1.93 bits per heavy atom. The van der Waals surface area contributed by atoms with Crippen LogP contribution in [0.25, 0.3) is 10.9 Å². The van der Waals surface area contributed by atoms with E-state index in [1.54, 1.807) is 0 Å². The number of aromatic nitrogens is 1. The molecule has 0 aliphatic carbocycles. The van der Waals surface area contributed by atoms with Crippen LogP contribution in [0.2, 0.25) is 0 Å². The Kier molecular flexibility index (Phi) is 5.04. The first-order valence-corrected chi connectivity index (χ1v) is 4.72. The summed E-state index contributed by atoms with van der Waals surface area (Å²) in [5, 5.41) is 9.03. The van der Waals surface area contributed by atoms with Crippen molar-refractivity contribution in [2.45, 2.75) is 6.42 Å². The van der Waals surface area contributed by atoms with Crippen LogP contribution in [0.3, 0.4) is 0 Å². The Labute approximate surface area is 88.4 Å². The Hall–Kier alpha value is -1.74. The Morgan fingerprint density at radius 3 is 2.53 bits per heavy atom. The van der Waals surface area contributed by atoms with E-state index in [1.807, 2.05) is 30.5 Å². The molecule has 2 aromatic rings. The normalized spacial score (nSPS) is 9.13. The molecule has 0 saturated heterocycles. The van der Waals surface area contributed by atoms with Crippen LogP contribution in [0, 0.1) is 0 Å². The van der Waals surface area contributed by atoms with Gasteiger partial charge in [0.1, 0.15) is 6.29 Å². The van der Waals surface area contributed by atoms with Crippen molar-refractivity contribution >= 4 is 17.2 Å². The van der Waals surface area contributed by atoms with Gasteiger partial charge in [0, 0.05) is 24.6 Å². The van der Waals surface area contributed by atoms with Gasteiger partial charge in [0.05, 0.1) is 5.52 Å². The highest BCUT2D eigenvalue weighted by Gasteiger charge is 1.86. The van der Waals surface area contributed by atoms with Crippen molar-refractivity contribution in [3.63, 3.8) is 0 Å². The predicted molar refractivity (Wildman–Crippen MR) is 59.5 cm³/mol. The molecule has 1 aromatic carbocycles. The van der Waals surface area contributed by atoms with Crippen molar-refractivity contribution in [3.05, 3.63) is 42.6 Å². The maximum atomic E-state index is 9.24. The lowest BCUT2D eigenvalue weighted by atomic mass is 10.2. The van der Waals surface area contributed by atoms with Gasteiger partial charge in [0.15, 0.2) is 0 Å². The highest BCUT2D eigenvalue weighted by molar-refractivity contribution is 5.77. The fourth-order valence-corrected chi connectivity index (χ4v) is 1.07. The third kappa shape index (κ3) is 3.87. The molecule has 0 aliphatic heterocycles. The molecule has 0 amide bonds. The van der Waals surface area contributed by atoms with Crippen molar-refractivity contribution in [2.24, 2.45) is 0 Å². The lowest BCUT2D eigenvalue weighted by molar-refractivity contribution is -0.108. The smallest absolute Gasteiger partial charge is 0.122 e. The molecule has 2 rings (SSSR count). The van der Waals surface area contributed by atoms with Crippen LogP contribution in [0.4, 0.5) is 0 Å². The van der Waals surface area contributed by atoms with Crippen LogP contribution in [0.5, 0.6) is 0 Å². The Morgan fingerprint density at radius 1 is 1.20 bits per heavy atom. The summed E-state index contributed by atoms with van der Waals surface area (Å²) in [6, 6.07) is 12.1. The van der Waals surface area contributed by atoms with E-state index in [0.717, 1.165) is 5.52 Å². The van der Waals surface area contributed by atoms with Crippen LogP contribution in [0.1, 0.15) is 6.42 Å². The van der Waals surface area contributed by atoms with Crippen molar-refractivity contribution < 1.29 is 9.90 Å². The van der Waals surface area contributed by atoms with Gasteiger partial charge >= 0.3 is 0 Å². The van der Waals surface area contributed by atoms with Crippen LogP contribution in [-0.2, 0) is 4.79 Å². The van der Waals surface area contributed by atoms with Crippen molar-refractivity contribution in [1.29, 1.82) is 0 Å². The number of hydrogen-bond donors (Lipinski definition) is 1. The summed E-state index contributed by atoms with van der Waals surface area (Å²) in [6.45, 7) is -0.0243. The van der Waals surface area contributed by atoms with Crippen LogP contribution in [-0.4, -0.2) is 23.0 Å². The number of rotatable bonds is 2. The van der Waals surface area contributed by atoms with Gasteiger partial charge in [-0.05, 0) is 12.1 Å². The summed E-state index contributed by atoms with van der Waals surface area (Å²) >= 11 is 0. The molecule has 1 heterocycles. The van der Waals surface area contributed by atoms with Gasteiger partial charge in [-0.3, -0.25) is 4.98 Å². The molecule has 0 fully saturated rings. The highest BCUT2D eigenvalue weighted by atomic mass is 16.3. The first kappa shape index (κ1) is 11.3. The zero-order valence-corrected chi connectivity index (χ0v) is 8.34. The van der Waals surface area contributed by atoms with Crippen molar-refractivity contribution in [1.82, 2.24) is 4.98 Å². The number of para-hydroxylation sites is 1. The molecule has 0 spiro atoms. The monoisotopic (exact) mass is 203 g/mol. The van der Waals surface area contributed by atoms with E-state index in [2.05, 4.69) is 17.1 Å². The molecule has 3 nitrogen and oxygen atoms in total. The molecule has 1 N–H and O–H groups in total. The molecule has 0 radical (unpaired) electrons. The molecule has 78 valence electrons. The van der Waals surface area contributed by atoms with Crippen molar-refractivity contribution in [2.75, 3.05) is 6.61 Å². The van der Waals surface area contributed by atoms with Gasteiger partial charge in [0.25, 0.3) is 0 Å². The fourth-order valence-electron chi connectivity index (χ4n) is 1.07. The van der Waals surface area contributed by atoms with E-state index in [-0.39, 0.29) is 13.0 Å². The minimum absolute atomic E-state index is 0.0243. The number of pyridine rings is 1. The molecule has 3 heteroatoms. The summed E-state index contributed by atoms with van der Waals surface area (Å²) in [4.78, 5) is 13.4. The van der Waals surface area contributed by atoms with Crippen LogP contribution in [0.15, 0.2) is 42.6 Å². The lowest BCUT2D eigenvalue weighted by Gasteiger charge is -1.91. The van der Waals surface area contributed by atoms with E-state index in [4.69, 9.17) is 5.11 Å². The first-order valence-electron chi connectivity index (χ1n) is 4.72. The average molecular weight is 203 g/mol. The molecule has 0 bridgehead atoms. The molecule has 0 aliphatic rings. The summed E-state index contributed by atoms with van der Waals surface area (Å²) in [7, 11) is 0. The van der Waals surface area contributed by atoms with Gasteiger partial charge in [-0.2, -0.15) is 0 Å². The number of nitrogens with zero attached hydrogens (tertiary/aromatic N) is 1. The fraction of sp³-hybridized carbons (Fsp3) is 0.167. The average Bonchev–Trinajstić information content (AvgIpc) is 2.31. The van der Waals surface area contributed by atoms with E-state index in [9.17, 15) is 4.79 Å². The first-order chi connectivity index (χ1) is 7.38. The third-order valence-corrected chi connectivity index (χ3v) is 1.76. The quantitative estimate of drug-likeness (QED) is 0.757. The minimum Gasteiger partial charge on any atom is -0.396 e. The highest BCUT2D eigenvalue weighted by Crippen LogP contribution is 2.07. The number of aliphatic hydroxyl groups is 1. The summed E-state index contributed by atoms with van der Waals surface area (Å²) in [5.41, 5.74) is 1.06. The Balaban J connectivity index is 0.000000195. The second kappa shape index (κ2) is 6.68. The van der Waals surface area contributed by atoms with E-state index in [0.29, 0.717) is 6.29 Å². The van der Waals surface area contributed by atoms with Gasteiger partial charge in [0.2, 0.25) is 0 Å². The van der Waals surface area contributed by atoms with Gasteiger partial charge < -0.3 is 9.90 Å². The second-order valence-corrected chi connectivity index (χ2v) is 2.88. The van der Waals surface area contributed by atoms with Gasteiger partial charge in [-0.1, -0.05) is 24.3 Å². The van der Waals surface area contributed by atoms with Gasteiger partial charge in [-0.15, -0.1) is 0 Å². The summed E-state index contributed by atoms with van der Waals surface area (Å²) < 4.78 is 0. The number of aliphatic hydroxyl groups excluding tert-OH is 1. The number of carbonyl (C=O) groups excluding carboxylic acids is 1. The number of benzene rings is 1. The maximum Gasteiger partial charge on any atom is 0.122 e. The number of fused-ring (bicyclic) bond motifs is 1. The standard InChI is InChI=1S/C9H7N.C3H6O2/c1-2-6-9-8(4-1)5-3-7-10-9;4-2-1-3-5/h1-7H;2,5H,1,3H2. The molecule has 1 aromatic heterocycles. The molecule has 0 unspecified atom stereocenters. The van der Waals surface area contributed by atoms with E-state index >= 15 is 0 Å². The van der Waals surface area contributed by atoms with Crippen LogP contribution >= 0.6 is 0 Å². The second-order valence-electron chi connectivity index (χ2n) is 2.88. The predicted octanol–water partition coefficient (Wildman–Crippen LogP) is 1.80. The molecule has 15 heavy (non-hydrogen) atoms. The molecular formula is C12H13NO2. The zero-order chi connectivity index (χ0) is 10.9. The SMILES string of the molecule is O=CCCO.c1ccc2ncccc2c1. The topological polar surface area (TPSA) is 50.2 Å². The lowest BCUT2D eigenvalue weighted by Crippen LogP contribution is -1.78. The Bertz CT molecular complexity index is 350. The number of carbonyl (C=O) groups is 1. The molecule has 0 atom stereocenters. The minimum atomic E-state index is -0.0243. The summed E-state index contributed by atoms with van der Waals surface area (Å²) in [5.74, 6) is 0. The van der Waals surface area contributed by atoms with Crippen molar-refractivity contribution in [3.8, 4) is 0 Å².